The lowest BCUT2D eigenvalue weighted by atomic mass is 10.0. The second kappa shape index (κ2) is 6.22. The first-order valence-corrected chi connectivity index (χ1v) is 7.19. The Morgan fingerprint density at radius 1 is 1.11 bits per heavy atom. The lowest BCUT2D eigenvalue weighted by molar-refractivity contribution is 0.203. The summed E-state index contributed by atoms with van der Waals surface area (Å²) >= 11 is 1.59. The highest BCUT2D eigenvalue weighted by molar-refractivity contribution is 7.99. The van der Waals surface area contributed by atoms with Crippen LogP contribution in [0.2, 0.25) is 0 Å². The maximum absolute atomic E-state index is 13.2. The molecule has 0 amide bonds. The highest BCUT2D eigenvalue weighted by Gasteiger charge is 2.12. The Morgan fingerprint density at radius 2 is 1.84 bits per heavy atom. The van der Waals surface area contributed by atoms with E-state index >= 15 is 0 Å². The van der Waals surface area contributed by atoms with Crippen LogP contribution in [0.4, 0.5) is 4.39 Å². The van der Waals surface area contributed by atoms with Crippen LogP contribution in [0.15, 0.2) is 47.4 Å². The molecule has 100 valence electrons. The first kappa shape index (κ1) is 14.1. The molecule has 19 heavy (non-hydrogen) atoms. The van der Waals surface area contributed by atoms with Gasteiger partial charge in [-0.15, -0.1) is 11.8 Å². The van der Waals surface area contributed by atoms with Crippen LogP contribution in [0.25, 0.3) is 0 Å². The molecule has 0 saturated heterocycles. The highest BCUT2D eigenvalue weighted by Crippen LogP contribution is 2.28. The Morgan fingerprint density at radius 3 is 2.58 bits per heavy atom. The maximum atomic E-state index is 13.2. The second-order valence-corrected chi connectivity index (χ2v) is 5.66. The van der Waals surface area contributed by atoms with Crippen molar-refractivity contribution in [2.75, 3.05) is 5.75 Å². The number of aryl methyl sites for hydroxylation is 2. The van der Waals surface area contributed by atoms with E-state index in [0.717, 1.165) is 10.5 Å². The Bertz CT molecular complexity index is 568. The van der Waals surface area contributed by atoms with E-state index in [9.17, 15) is 9.50 Å². The molecule has 0 aliphatic rings. The molecule has 0 fully saturated rings. The monoisotopic (exact) mass is 276 g/mol. The minimum atomic E-state index is -0.652. The molecule has 0 aromatic heterocycles. The molecule has 2 aromatic carbocycles. The van der Waals surface area contributed by atoms with Crippen LogP contribution in [-0.2, 0) is 0 Å². The van der Waals surface area contributed by atoms with Crippen molar-refractivity contribution in [3.8, 4) is 0 Å². The van der Waals surface area contributed by atoms with Gasteiger partial charge < -0.3 is 5.11 Å². The Labute approximate surface area is 117 Å². The van der Waals surface area contributed by atoms with Crippen molar-refractivity contribution in [1.82, 2.24) is 0 Å². The van der Waals surface area contributed by atoms with Crippen LogP contribution < -0.4 is 0 Å². The maximum Gasteiger partial charge on any atom is 0.123 e. The van der Waals surface area contributed by atoms with E-state index in [-0.39, 0.29) is 5.82 Å². The number of benzene rings is 2. The van der Waals surface area contributed by atoms with Gasteiger partial charge in [-0.1, -0.05) is 24.3 Å². The van der Waals surface area contributed by atoms with Crippen LogP contribution in [0.5, 0.6) is 0 Å². The fourth-order valence-electron chi connectivity index (χ4n) is 1.95. The van der Waals surface area contributed by atoms with Crippen LogP contribution in [0, 0.1) is 19.7 Å². The highest BCUT2D eigenvalue weighted by atomic mass is 32.2. The molecule has 0 radical (unpaired) electrons. The molecule has 0 spiro atoms. The number of hydrogen-bond donors (Lipinski definition) is 1. The molecule has 1 atom stereocenters. The largest absolute Gasteiger partial charge is 0.388 e. The predicted octanol–water partition coefficient (Wildman–Crippen LogP) is 4.27. The summed E-state index contributed by atoms with van der Waals surface area (Å²) in [7, 11) is 0. The zero-order valence-corrected chi connectivity index (χ0v) is 11.9. The number of rotatable bonds is 4. The number of aliphatic hydroxyl groups excluding tert-OH is 1. The topological polar surface area (TPSA) is 20.2 Å². The second-order valence-electron chi connectivity index (χ2n) is 4.59. The third-order valence-corrected chi connectivity index (χ3v) is 4.34. The summed E-state index contributed by atoms with van der Waals surface area (Å²) in [5.74, 6) is 0.218. The Hall–Kier alpha value is -1.32. The summed E-state index contributed by atoms with van der Waals surface area (Å²) in [6, 6.07) is 12.6. The third-order valence-electron chi connectivity index (χ3n) is 3.09. The third kappa shape index (κ3) is 3.58. The van der Waals surface area contributed by atoms with E-state index < -0.39 is 6.10 Å². The van der Waals surface area contributed by atoms with Gasteiger partial charge in [-0.25, -0.2) is 4.39 Å². The van der Waals surface area contributed by atoms with Gasteiger partial charge in [0, 0.05) is 10.6 Å². The molecule has 0 heterocycles. The average molecular weight is 276 g/mol. The van der Waals surface area contributed by atoms with Crippen molar-refractivity contribution in [1.29, 1.82) is 0 Å². The van der Waals surface area contributed by atoms with Gasteiger partial charge in [0.1, 0.15) is 5.82 Å². The lowest BCUT2D eigenvalue weighted by Crippen LogP contribution is -2.03. The normalized spacial score (nSPS) is 12.4. The minimum Gasteiger partial charge on any atom is -0.388 e. The van der Waals surface area contributed by atoms with Gasteiger partial charge in [0.25, 0.3) is 0 Å². The molecular formula is C16H17FOS. The SMILES string of the molecule is Cc1ccccc1SCC(O)c1cc(F)ccc1C. The number of aliphatic hydroxyl groups is 1. The van der Waals surface area contributed by atoms with Gasteiger partial charge in [0.2, 0.25) is 0 Å². The van der Waals surface area contributed by atoms with Gasteiger partial charge in [0.15, 0.2) is 0 Å². The molecule has 1 unspecified atom stereocenters. The van der Waals surface area contributed by atoms with E-state index in [2.05, 4.69) is 0 Å². The number of hydrogen-bond acceptors (Lipinski definition) is 2. The molecule has 1 nitrogen and oxygen atoms in total. The van der Waals surface area contributed by atoms with Gasteiger partial charge in [-0.3, -0.25) is 0 Å². The predicted molar refractivity (Wildman–Crippen MR) is 78.0 cm³/mol. The van der Waals surface area contributed by atoms with Crippen molar-refractivity contribution < 1.29 is 9.50 Å². The lowest BCUT2D eigenvalue weighted by Gasteiger charge is -2.14. The number of thioether (sulfide) groups is 1. The summed E-state index contributed by atoms with van der Waals surface area (Å²) in [4.78, 5) is 1.15. The van der Waals surface area contributed by atoms with E-state index in [1.54, 1.807) is 17.8 Å². The zero-order valence-electron chi connectivity index (χ0n) is 11.1. The molecule has 0 aliphatic carbocycles. The quantitative estimate of drug-likeness (QED) is 0.842. The molecule has 0 saturated carbocycles. The van der Waals surface area contributed by atoms with Gasteiger partial charge in [0.05, 0.1) is 6.10 Å². The first-order valence-electron chi connectivity index (χ1n) is 6.20. The van der Waals surface area contributed by atoms with Crippen molar-refractivity contribution in [3.05, 3.63) is 65.0 Å². The minimum absolute atomic E-state index is 0.305. The number of halogens is 1. The summed E-state index contributed by atoms with van der Waals surface area (Å²) < 4.78 is 13.2. The molecule has 0 aliphatic heterocycles. The fourth-order valence-corrected chi connectivity index (χ4v) is 2.93. The molecular weight excluding hydrogens is 259 g/mol. The zero-order chi connectivity index (χ0) is 13.8. The van der Waals surface area contributed by atoms with Crippen LogP contribution in [-0.4, -0.2) is 10.9 Å². The van der Waals surface area contributed by atoms with E-state index in [1.807, 2.05) is 38.1 Å². The van der Waals surface area contributed by atoms with Crippen LogP contribution in [0.3, 0.4) is 0 Å². The fraction of sp³-hybridized carbons (Fsp3) is 0.250. The summed E-state index contributed by atoms with van der Waals surface area (Å²) in [5, 5.41) is 10.2. The van der Waals surface area contributed by atoms with Crippen molar-refractivity contribution >= 4 is 11.8 Å². The standard InChI is InChI=1S/C16H17FOS/c1-11-7-8-13(17)9-14(11)15(18)10-19-16-6-4-3-5-12(16)2/h3-9,15,18H,10H2,1-2H3. The van der Waals surface area contributed by atoms with E-state index in [1.165, 1.54) is 17.7 Å². The van der Waals surface area contributed by atoms with Gasteiger partial charge >= 0.3 is 0 Å². The van der Waals surface area contributed by atoms with E-state index in [4.69, 9.17) is 0 Å². The van der Waals surface area contributed by atoms with Crippen LogP contribution in [0.1, 0.15) is 22.8 Å². The Balaban J connectivity index is 2.07. The van der Waals surface area contributed by atoms with Crippen molar-refractivity contribution in [2.45, 2.75) is 24.8 Å². The smallest absolute Gasteiger partial charge is 0.123 e. The molecule has 2 rings (SSSR count). The summed E-state index contributed by atoms with van der Waals surface area (Å²) in [6.45, 7) is 3.93. The Kier molecular flexibility index (Phi) is 4.61. The first-order chi connectivity index (χ1) is 9.08. The molecule has 1 N–H and O–H groups in total. The van der Waals surface area contributed by atoms with Gasteiger partial charge in [-0.2, -0.15) is 0 Å². The van der Waals surface area contributed by atoms with Crippen molar-refractivity contribution in [3.63, 3.8) is 0 Å². The summed E-state index contributed by atoms with van der Waals surface area (Å²) in [5.41, 5.74) is 2.77. The molecule has 2 aromatic rings. The van der Waals surface area contributed by atoms with Crippen LogP contribution >= 0.6 is 11.8 Å². The van der Waals surface area contributed by atoms with E-state index in [0.29, 0.717) is 11.3 Å². The molecule has 0 bridgehead atoms. The average Bonchev–Trinajstić information content (AvgIpc) is 2.40. The van der Waals surface area contributed by atoms with Crippen molar-refractivity contribution in [2.24, 2.45) is 0 Å². The van der Waals surface area contributed by atoms with Gasteiger partial charge in [-0.05, 0) is 48.7 Å². The molecule has 3 heteroatoms. The summed E-state index contributed by atoms with van der Waals surface area (Å²) in [6.07, 6.45) is -0.652.